The van der Waals surface area contributed by atoms with Gasteiger partial charge >= 0.3 is 0 Å². The van der Waals surface area contributed by atoms with Crippen LogP contribution in [0, 0.1) is 0 Å². The SMILES string of the molecule is Clc1nc(Cl)c2ncn(C3=CCCC3)c2n1. The lowest BCUT2D eigenvalue weighted by Gasteiger charge is -2.03. The van der Waals surface area contributed by atoms with Crippen LogP contribution in [0.4, 0.5) is 0 Å². The molecule has 0 saturated carbocycles. The number of rotatable bonds is 1. The van der Waals surface area contributed by atoms with Crippen molar-refractivity contribution in [3.05, 3.63) is 22.8 Å². The Labute approximate surface area is 102 Å². The van der Waals surface area contributed by atoms with E-state index < -0.39 is 0 Å². The minimum Gasteiger partial charge on any atom is -0.287 e. The van der Waals surface area contributed by atoms with Gasteiger partial charge < -0.3 is 0 Å². The first-order chi connectivity index (χ1) is 7.75. The Morgan fingerprint density at radius 3 is 2.88 bits per heavy atom. The van der Waals surface area contributed by atoms with Crippen molar-refractivity contribution in [2.75, 3.05) is 0 Å². The maximum atomic E-state index is 5.95. The quantitative estimate of drug-likeness (QED) is 0.580. The Kier molecular flexibility index (Phi) is 2.33. The van der Waals surface area contributed by atoms with Crippen molar-refractivity contribution in [2.24, 2.45) is 0 Å². The summed E-state index contributed by atoms with van der Waals surface area (Å²) >= 11 is 11.7. The first kappa shape index (κ1) is 10.1. The van der Waals surface area contributed by atoms with Gasteiger partial charge in [-0.05, 0) is 30.9 Å². The van der Waals surface area contributed by atoms with Gasteiger partial charge in [-0.2, -0.15) is 4.98 Å². The molecule has 0 atom stereocenters. The first-order valence-corrected chi connectivity index (χ1v) is 5.77. The summed E-state index contributed by atoms with van der Waals surface area (Å²) in [4.78, 5) is 12.2. The van der Waals surface area contributed by atoms with E-state index in [1.54, 1.807) is 6.33 Å². The molecule has 0 spiro atoms. The molecule has 0 fully saturated rings. The zero-order chi connectivity index (χ0) is 11.1. The monoisotopic (exact) mass is 254 g/mol. The Hall–Kier alpha value is -1.13. The summed E-state index contributed by atoms with van der Waals surface area (Å²) in [5.74, 6) is 0. The van der Waals surface area contributed by atoms with Crippen LogP contribution in [0.25, 0.3) is 16.9 Å². The maximum absolute atomic E-state index is 5.95. The number of hydrogen-bond donors (Lipinski definition) is 0. The van der Waals surface area contributed by atoms with Gasteiger partial charge in [0.15, 0.2) is 10.8 Å². The van der Waals surface area contributed by atoms with Crippen molar-refractivity contribution >= 4 is 40.1 Å². The molecule has 1 aliphatic carbocycles. The molecule has 0 radical (unpaired) electrons. The lowest BCUT2D eigenvalue weighted by atomic mass is 10.3. The average Bonchev–Trinajstić information content (AvgIpc) is 2.83. The Morgan fingerprint density at radius 2 is 2.12 bits per heavy atom. The highest BCUT2D eigenvalue weighted by atomic mass is 35.5. The largest absolute Gasteiger partial charge is 0.287 e. The number of allylic oxidation sites excluding steroid dienone is 2. The van der Waals surface area contributed by atoms with Crippen LogP contribution in [-0.2, 0) is 0 Å². The van der Waals surface area contributed by atoms with Gasteiger partial charge in [0.2, 0.25) is 5.28 Å². The highest BCUT2D eigenvalue weighted by Crippen LogP contribution is 2.27. The molecule has 0 bridgehead atoms. The zero-order valence-electron chi connectivity index (χ0n) is 8.32. The lowest BCUT2D eigenvalue weighted by molar-refractivity contribution is 0.907. The third-order valence-corrected chi connectivity index (χ3v) is 3.09. The van der Waals surface area contributed by atoms with Gasteiger partial charge in [0.1, 0.15) is 11.8 Å². The van der Waals surface area contributed by atoms with E-state index in [0.717, 1.165) is 12.8 Å². The van der Waals surface area contributed by atoms with E-state index in [1.807, 2.05) is 4.57 Å². The first-order valence-electron chi connectivity index (χ1n) is 5.01. The summed E-state index contributed by atoms with van der Waals surface area (Å²) in [6, 6.07) is 0. The van der Waals surface area contributed by atoms with E-state index in [0.29, 0.717) is 16.3 Å². The minimum atomic E-state index is 0.151. The summed E-state index contributed by atoms with van der Waals surface area (Å²) in [7, 11) is 0. The van der Waals surface area contributed by atoms with E-state index in [4.69, 9.17) is 23.2 Å². The van der Waals surface area contributed by atoms with Gasteiger partial charge in [0.05, 0.1) is 0 Å². The standard InChI is InChI=1S/C10H8Cl2N4/c11-8-7-9(15-10(12)14-8)16(5-13-7)6-3-1-2-4-6/h3,5H,1-2,4H2. The molecule has 2 aromatic rings. The molecule has 0 N–H and O–H groups in total. The molecular formula is C10H8Cl2N4. The molecule has 0 aliphatic heterocycles. The lowest BCUT2D eigenvalue weighted by Crippen LogP contribution is -1.95. The van der Waals surface area contributed by atoms with Gasteiger partial charge in [-0.25, -0.2) is 9.97 Å². The number of hydrogen-bond acceptors (Lipinski definition) is 3. The third kappa shape index (κ3) is 1.49. The Bertz CT molecular complexity index is 588. The van der Waals surface area contributed by atoms with Gasteiger partial charge in [0, 0.05) is 5.70 Å². The van der Waals surface area contributed by atoms with Crippen LogP contribution < -0.4 is 0 Å². The van der Waals surface area contributed by atoms with Crippen molar-refractivity contribution < 1.29 is 0 Å². The molecule has 2 aromatic heterocycles. The molecule has 6 heteroatoms. The molecule has 16 heavy (non-hydrogen) atoms. The topological polar surface area (TPSA) is 43.6 Å². The smallest absolute Gasteiger partial charge is 0.225 e. The zero-order valence-corrected chi connectivity index (χ0v) is 9.83. The summed E-state index contributed by atoms with van der Waals surface area (Å²) in [6.07, 6.45) is 7.21. The fourth-order valence-electron chi connectivity index (χ4n) is 1.92. The maximum Gasteiger partial charge on any atom is 0.225 e. The van der Waals surface area contributed by atoms with E-state index in [9.17, 15) is 0 Å². The van der Waals surface area contributed by atoms with Crippen LogP contribution in [0.15, 0.2) is 12.4 Å². The molecular weight excluding hydrogens is 247 g/mol. The molecule has 1 aliphatic rings. The second-order valence-electron chi connectivity index (χ2n) is 3.66. The van der Waals surface area contributed by atoms with Crippen LogP contribution in [0.5, 0.6) is 0 Å². The van der Waals surface area contributed by atoms with Crippen molar-refractivity contribution in [3.8, 4) is 0 Å². The van der Waals surface area contributed by atoms with Gasteiger partial charge in [-0.3, -0.25) is 4.57 Å². The summed E-state index contributed by atoms with van der Waals surface area (Å²) in [5.41, 5.74) is 2.48. The molecule has 82 valence electrons. The van der Waals surface area contributed by atoms with Gasteiger partial charge in [-0.15, -0.1) is 0 Å². The van der Waals surface area contributed by atoms with Crippen LogP contribution in [0.3, 0.4) is 0 Å². The van der Waals surface area contributed by atoms with Crippen LogP contribution in [0.1, 0.15) is 19.3 Å². The fraction of sp³-hybridized carbons (Fsp3) is 0.300. The van der Waals surface area contributed by atoms with Crippen LogP contribution in [0.2, 0.25) is 10.4 Å². The number of halogens is 2. The highest BCUT2D eigenvalue weighted by Gasteiger charge is 2.14. The van der Waals surface area contributed by atoms with E-state index in [1.165, 1.54) is 12.1 Å². The highest BCUT2D eigenvalue weighted by molar-refractivity contribution is 6.35. The second-order valence-corrected chi connectivity index (χ2v) is 4.35. The Morgan fingerprint density at radius 1 is 1.25 bits per heavy atom. The molecule has 0 aromatic carbocycles. The fourth-order valence-corrected chi connectivity index (χ4v) is 2.34. The molecule has 0 saturated heterocycles. The number of fused-ring (bicyclic) bond motifs is 1. The number of aromatic nitrogens is 4. The van der Waals surface area contributed by atoms with Crippen LogP contribution >= 0.6 is 23.2 Å². The van der Waals surface area contributed by atoms with E-state index >= 15 is 0 Å². The van der Waals surface area contributed by atoms with E-state index in [-0.39, 0.29) is 5.28 Å². The summed E-state index contributed by atoms with van der Waals surface area (Å²) < 4.78 is 1.93. The van der Waals surface area contributed by atoms with Gasteiger partial charge in [0.25, 0.3) is 0 Å². The third-order valence-electron chi connectivity index (χ3n) is 2.65. The molecule has 0 unspecified atom stereocenters. The van der Waals surface area contributed by atoms with E-state index in [2.05, 4.69) is 21.0 Å². The Balaban J connectivity index is 2.26. The minimum absolute atomic E-state index is 0.151. The predicted molar refractivity (Wildman–Crippen MR) is 63.5 cm³/mol. The number of nitrogens with zero attached hydrogens (tertiary/aromatic N) is 4. The van der Waals surface area contributed by atoms with Crippen molar-refractivity contribution in [1.29, 1.82) is 0 Å². The molecule has 4 nitrogen and oxygen atoms in total. The second kappa shape index (κ2) is 3.71. The van der Waals surface area contributed by atoms with Crippen LogP contribution in [-0.4, -0.2) is 19.5 Å². The molecule has 2 heterocycles. The van der Waals surface area contributed by atoms with Crippen molar-refractivity contribution in [2.45, 2.75) is 19.3 Å². The van der Waals surface area contributed by atoms with Crippen molar-refractivity contribution in [3.63, 3.8) is 0 Å². The summed E-state index contributed by atoms with van der Waals surface area (Å²) in [6.45, 7) is 0. The number of imidazole rings is 1. The summed E-state index contributed by atoms with van der Waals surface area (Å²) in [5, 5.41) is 0.449. The predicted octanol–water partition coefficient (Wildman–Crippen LogP) is 3.16. The van der Waals surface area contributed by atoms with Gasteiger partial charge in [-0.1, -0.05) is 17.7 Å². The normalized spacial score (nSPS) is 15.8. The molecule has 3 rings (SSSR count). The van der Waals surface area contributed by atoms with Crippen molar-refractivity contribution in [1.82, 2.24) is 19.5 Å². The average molecular weight is 255 g/mol. The molecule has 0 amide bonds.